The Balaban J connectivity index is 1.92. The van der Waals surface area contributed by atoms with Crippen molar-refractivity contribution in [2.75, 3.05) is 11.9 Å². The molecular weight excluding hydrogens is 286 g/mol. The minimum atomic E-state index is 0.826. The highest BCUT2D eigenvalue weighted by Crippen LogP contribution is 2.20. The average molecular weight is 302 g/mol. The molecule has 0 amide bonds. The third kappa shape index (κ3) is 3.74. The molecule has 2 aromatic carbocycles. The van der Waals surface area contributed by atoms with E-state index >= 15 is 0 Å². The first-order chi connectivity index (χ1) is 8.75. The van der Waals surface area contributed by atoms with Crippen LogP contribution in [0.25, 0.3) is 6.08 Å². The summed E-state index contributed by atoms with van der Waals surface area (Å²) in [5.41, 5.74) is 3.65. The highest BCUT2D eigenvalue weighted by molar-refractivity contribution is 9.10. The van der Waals surface area contributed by atoms with E-state index in [0.717, 1.165) is 11.0 Å². The molecule has 18 heavy (non-hydrogen) atoms. The van der Waals surface area contributed by atoms with Gasteiger partial charge in [0.25, 0.3) is 0 Å². The Morgan fingerprint density at radius 3 is 2.67 bits per heavy atom. The van der Waals surface area contributed by atoms with Gasteiger partial charge >= 0.3 is 0 Å². The fourth-order valence-electron chi connectivity index (χ4n) is 1.71. The molecule has 2 aromatic rings. The van der Waals surface area contributed by atoms with Gasteiger partial charge in [-0.15, -0.1) is 0 Å². The average Bonchev–Trinajstić information content (AvgIpc) is 2.40. The van der Waals surface area contributed by atoms with E-state index in [4.69, 9.17) is 0 Å². The van der Waals surface area contributed by atoms with Gasteiger partial charge in [0, 0.05) is 16.7 Å². The summed E-state index contributed by atoms with van der Waals surface area (Å²) in [5.74, 6) is 0. The van der Waals surface area contributed by atoms with Gasteiger partial charge in [-0.25, -0.2) is 0 Å². The number of hydrogen-bond acceptors (Lipinski definition) is 1. The Morgan fingerprint density at radius 1 is 1.11 bits per heavy atom. The molecular formula is C16H16BrN. The topological polar surface area (TPSA) is 12.0 Å². The molecule has 0 radical (unpaired) electrons. The Kier molecular flexibility index (Phi) is 4.59. The van der Waals surface area contributed by atoms with Crippen molar-refractivity contribution in [1.82, 2.24) is 0 Å². The van der Waals surface area contributed by atoms with Gasteiger partial charge in [-0.05, 0) is 30.2 Å². The highest BCUT2D eigenvalue weighted by atomic mass is 79.9. The van der Waals surface area contributed by atoms with Crippen LogP contribution in [0.1, 0.15) is 11.1 Å². The summed E-state index contributed by atoms with van der Waals surface area (Å²) in [5, 5.41) is 3.41. The smallest absolute Gasteiger partial charge is 0.0383 e. The van der Waals surface area contributed by atoms with Crippen LogP contribution in [0.3, 0.4) is 0 Å². The highest BCUT2D eigenvalue weighted by Gasteiger charge is 1.96. The standard InChI is InChI=1S/C16H16BrN/c1-13-9-10-15(17)12-16(13)18-11-5-8-14-6-3-2-4-7-14/h2-10,12,18H,11H2,1H3. The Bertz CT molecular complexity index is 532. The van der Waals surface area contributed by atoms with Gasteiger partial charge in [0.2, 0.25) is 0 Å². The molecule has 1 nitrogen and oxygen atoms in total. The van der Waals surface area contributed by atoms with Crippen molar-refractivity contribution in [2.45, 2.75) is 6.92 Å². The van der Waals surface area contributed by atoms with Crippen LogP contribution in [-0.4, -0.2) is 6.54 Å². The van der Waals surface area contributed by atoms with Crippen molar-refractivity contribution in [1.29, 1.82) is 0 Å². The third-order valence-electron chi connectivity index (χ3n) is 2.72. The zero-order chi connectivity index (χ0) is 12.8. The first kappa shape index (κ1) is 12.9. The molecule has 0 atom stereocenters. The van der Waals surface area contributed by atoms with Crippen molar-refractivity contribution < 1.29 is 0 Å². The molecule has 92 valence electrons. The molecule has 2 rings (SSSR count). The number of aryl methyl sites for hydroxylation is 1. The minimum absolute atomic E-state index is 0.826. The van der Waals surface area contributed by atoms with E-state index in [1.807, 2.05) is 18.2 Å². The molecule has 0 aliphatic heterocycles. The summed E-state index contributed by atoms with van der Waals surface area (Å²) in [6.45, 7) is 2.93. The predicted octanol–water partition coefficient (Wildman–Crippen LogP) is 4.88. The molecule has 0 aromatic heterocycles. The van der Waals surface area contributed by atoms with Crippen LogP contribution in [0.15, 0.2) is 59.1 Å². The maximum Gasteiger partial charge on any atom is 0.0383 e. The van der Waals surface area contributed by atoms with Crippen LogP contribution in [0.2, 0.25) is 0 Å². The van der Waals surface area contributed by atoms with Crippen LogP contribution < -0.4 is 5.32 Å². The van der Waals surface area contributed by atoms with Gasteiger partial charge in [-0.1, -0.05) is 64.5 Å². The van der Waals surface area contributed by atoms with Crippen LogP contribution in [-0.2, 0) is 0 Å². The number of benzene rings is 2. The van der Waals surface area contributed by atoms with E-state index in [1.54, 1.807) is 0 Å². The summed E-state index contributed by atoms with van der Waals surface area (Å²) in [4.78, 5) is 0. The molecule has 1 N–H and O–H groups in total. The Hall–Kier alpha value is -1.54. The number of nitrogens with one attached hydrogen (secondary N) is 1. The Labute approximate surface area is 117 Å². The summed E-state index contributed by atoms with van der Waals surface area (Å²) < 4.78 is 1.10. The van der Waals surface area contributed by atoms with Crippen molar-refractivity contribution >= 4 is 27.7 Å². The number of hydrogen-bond donors (Lipinski definition) is 1. The molecule has 0 aliphatic carbocycles. The van der Waals surface area contributed by atoms with Crippen molar-refractivity contribution in [2.24, 2.45) is 0 Å². The minimum Gasteiger partial charge on any atom is -0.381 e. The van der Waals surface area contributed by atoms with Gasteiger partial charge in [-0.3, -0.25) is 0 Å². The predicted molar refractivity (Wildman–Crippen MR) is 82.8 cm³/mol. The number of anilines is 1. The molecule has 0 spiro atoms. The molecule has 0 bridgehead atoms. The fraction of sp³-hybridized carbons (Fsp3) is 0.125. The van der Waals surface area contributed by atoms with E-state index in [9.17, 15) is 0 Å². The van der Waals surface area contributed by atoms with Crippen LogP contribution >= 0.6 is 15.9 Å². The van der Waals surface area contributed by atoms with Crippen LogP contribution in [0, 0.1) is 6.92 Å². The second kappa shape index (κ2) is 6.41. The third-order valence-corrected chi connectivity index (χ3v) is 3.21. The van der Waals surface area contributed by atoms with E-state index < -0.39 is 0 Å². The van der Waals surface area contributed by atoms with E-state index in [0.29, 0.717) is 0 Å². The quantitative estimate of drug-likeness (QED) is 0.848. The number of halogens is 1. The SMILES string of the molecule is Cc1ccc(Br)cc1NCC=Cc1ccccc1. The zero-order valence-corrected chi connectivity index (χ0v) is 11.9. The van der Waals surface area contributed by atoms with E-state index in [1.165, 1.54) is 16.8 Å². The van der Waals surface area contributed by atoms with Crippen molar-refractivity contribution in [3.8, 4) is 0 Å². The van der Waals surface area contributed by atoms with Gasteiger partial charge in [0.15, 0.2) is 0 Å². The lowest BCUT2D eigenvalue weighted by molar-refractivity contribution is 1.30. The van der Waals surface area contributed by atoms with E-state index in [2.05, 4.69) is 70.7 Å². The summed E-state index contributed by atoms with van der Waals surface area (Å²) in [6, 6.07) is 16.6. The first-order valence-corrected chi connectivity index (χ1v) is 6.76. The summed E-state index contributed by atoms with van der Waals surface area (Å²) >= 11 is 3.48. The van der Waals surface area contributed by atoms with Gasteiger partial charge in [0.1, 0.15) is 0 Å². The maximum atomic E-state index is 3.48. The van der Waals surface area contributed by atoms with Crippen LogP contribution in [0.5, 0.6) is 0 Å². The molecule has 0 saturated heterocycles. The lowest BCUT2D eigenvalue weighted by Gasteiger charge is -2.07. The van der Waals surface area contributed by atoms with Crippen molar-refractivity contribution in [3.63, 3.8) is 0 Å². The molecule has 0 aliphatic rings. The summed E-state index contributed by atoms with van der Waals surface area (Å²) in [7, 11) is 0. The lowest BCUT2D eigenvalue weighted by Crippen LogP contribution is -1.99. The molecule has 0 fully saturated rings. The maximum absolute atomic E-state index is 3.48. The van der Waals surface area contributed by atoms with E-state index in [-0.39, 0.29) is 0 Å². The summed E-state index contributed by atoms with van der Waals surface area (Å²) in [6.07, 6.45) is 4.26. The molecule has 0 unspecified atom stereocenters. The number of rotatable bonds is 4. The van der Waals surface area contributed by atoms with Gasteiger partial charge < -0.3 is 5.32 Å². The normalized spacial score (nSPS) is 10.8. The molecule has 2 heteroatoms. The first-order valence-electron chi connectivity index (χ1n) is 5.97. The van der Waals surface area contributed by atoms with Gasteiger partial charge in [-0.2, -0.15) is 0 Å². The second-order valence-electron chi connectivity index (χ2n) is 4.15. The largest absolute Gasteiger partial charge is 0.381 e. The monoisotopic (exact) mass is 301 g/mol. The fourth-order valence-corrected chi connectivity index (χ4v) is 2.07. The molecule has 0 saturated carbocycles. The van der Waals surface area contributed by atoms with Gasteiger partial charge in [0.05, 0.1) is 0 Å². The van der Waals surface area contributed by atoms with Crippen LogP contribution in [0.4, 0.5) is 5.69 Å². The Morgan fingerprint density at radius 2 is 1.89 bits per heavy atom. The van der Waals surface area contributed by atoms with Crippen molar-refractivity contribution in [3.05, 3.63) is 70.2 Å². The molecule has 0 heterocycles. The lowest BCUT2D eigenvalue weighted by atomic mass is 10.2. The zero-order valence-electron chi connectivity index (χ0n) is 10.4. The second-order valence-corrected chi connectivity index (χ2v) is 5.07.